The Hall–Kier alpha value is -3.58. The van der Waals surface area contributed by atoms with Gasteiger partial charge >= 0.3 is 0 Å². The molecule has 1 aliphatic heterocycles. The summed E-state index contributed by atoms with van der Waals surface area (Å²) >= 11 is 3.48. The number of rotatable bonds is 5. The van der Waals surface area contributed by atoms with Crippen LogP contribution in [0.1, 0.15) is 27.7 Å². The highest BCUT2D eigenvalue weighted by atomic mass is 79.9. The molecule has 2 heterocycles. The fourth-order valence-electron chi connectivity index (χ4n) is 4.17. The van der Waals surface area contributed by atoms with Crippen molar-refractivity contribution in [3.63, 3.8) is 0 Å². The number of nitrogens with one attached hydrogen (secondary N) is 1. The summed E-state index contributed by atoms with van der Waals surface area (Å²) in [6, 6.07) is 22.9. The quantitative estimate of drug-likeness (QED) is 0.395. The first-order valence-electron chi connectivity index (χ1n) is 10.1. The zero-order chi connectivity index (χ0) is 22.2. The smallest absolute Gasteiger partial charge is 0.277 e. The minimum absolute atomic E-state index is 0.123. The highest BCUT2D eigenvalue weighted by Crippen LogP contribution is 2.46. The third-order valence-corrected chi connectivity index (χ3v) is 6.17. The molecule has 1 aromatic heterocycles. The zero-order valence-electron chi connectivity index (χ0n) is 17.5. The minimum atomic E-state index is -0.378. The second-order valence-electron chi connectivity index (χ2n) is 7.40. The molecule has 6 nitrogen and oxygen atoms in total. The van der Waals surface area contributed by atoms with Crippen molar-refractivity contribution in [3.8, 4) is 22.8 Å². The van der Waals surface area contributed by atoms with Gasteiger partial charge in [-0.05, 0) is 42.0 Å². The topological polar surface area (TPSA) is 67.5 Å². The summed E-state index contributed by atoms with van der Waals surface area (Å²) in [6.07, 6.45) is 0. The van der Waals surface area contributed by atoms with E-state index in [4.69, 9.17) is 9.47 Å². The summed E-state index contributed by atoms with van der Waals surface area (Å²) in [5.41, 5.74) is 4.72. The van der Waals surface area contributed by atoms with Crippen LogP contribution in [0, 0.1) is 0 Å². The number of ether oxygens (including phenoxy) is 2. The van der Waals surface area contributed by atoms with Gasteiger partial charge < -0.3 is 9.47 Å². The lowest BCUT2D eigenvalue weighted by Crippen LogP contribution is -2.29. The number of H-pyrrole nitrogens is 1. The van der Waals surface area contributed by atoms with Gasteiger partial charge in [0.05, 0.1) is 26.0 Å². The first-order chi connectivity index (χ1) is 15.6. The van der Waals surface area contributed by atoms with E-state index >= 15 is 0 Å². The number of methoxy groups -OCH3 is 2. The van der Waals surface area contributed by atoms with Gasteiger partial charge in [0, 0.05) is 21.3 Å². The number of para-hydroxylation sites is 1. The molecule has 0 radical (unpaired) electrons. The van der Waals surface area contributed by atoms with E-state index in [2.05, 4.69) is 26.1 Å². The number of amides is 1. The van der Waals surface area contributed by atoms with Crippen LogP contribution >= 0.6 is 15.9 Å². The average molecular weight is 490 g/mol. The van der Waals surface area contributed by atoms with Gasteiger partial charge in [0.2, 0.25) is 0 Å². The Morgan fingerprint density at radius 1 is 0.938 bits per heavy atom. The van der Waals surface area contributed by atoms with Crippen molar-refractivity contribution in [2.24, 2.45) is 0 Å². The maximum Gasteiger partial charge on any atom is 0.277 e. The van der Waals surface area contributed by atoms with Gasteiger partial charge in [0.1, 0.15) is 5.69 Å². The van der Waals surface area contributed by atoms with Crippen LogP contribution in [0.25, 0.3) is 11.3 Å². The van der Waals surface area contributed by atoms with E-state index in [1.165, 1.54) is 0 Å². The Balaban J connectivity index is 1.73. The van der Waals surface area contributed by atoms with Gasteiger partial charge in [-0.1, -0.05) is 52.3 Å². The van der Waals surface area contributed by atoms with Gasteiger partial charge in [-0.2, -0.15) is 5.10 Å². The van der Waals surface area contributed by atoms with E-state index in [1.54, 1.807) is 19.1 Å². The van der Waals surface area contributed by atoms with Crippen molar-refractivity contribution in [2.75, 3.05) is 19.1 Å². The highest BCUT2D eigenvalue weighted by molar-refractivity contribution is 9.10. The lowest BCUT2D eigenvalue weighted by atomic mass is 9.95. The lowest BCUT2D eigenvalue weighted by molar-refractivity contribution is 0.0988. The lowest BCUT2D eigenvalue weighted by Gasteiger charge is -2.27. The third kappa shape index (κ3) is 3.26. The van der Waals surface area contributed by atoms with Crippen LogP contribution in [-0.4, -0.2) is 30.3 Å². The Labute approximate surface area is 193 Å². The first-order valence-corrected chi connectivity index (χ1v) is 10.9. The van der Waals surface area contributed by atoms with Crippen molar-refractivity contribution < 1.29 is 14.3 Å². The molecule has 5 rings (SSSR count). The Morgan fingerprint density at radius 3 is 2.34 bits per heavy atom. The van der Waals surface area contributed by atoms with E-state index < -0.39 is 0 Å². The van der Waals surface area contributed by atoms with Gasteiger partial charge in [0.25, 0.3) is 5.91 Å². The first kappa shape index (κ1) is 20.3. The van der Waals surface area contributed by atoms with Crippen LogP contribution in [0.2, 0.25) is 0 Å². The fraction of sp³-hybridized carbons (Fsp3) is 0.120. The van der Waals surface area contributed by atoms with Crippen molar-refractivity contribution in [1.29, 1.82) is 0 Å². The van der Waals surface area contributed by atoms with Gasteiger partial charge in [-0.25, -0.2) is 0 Å². The molecule has 0 saturated heterocycles. The van der Waals surface area contributed by atoms with Gasteiger partial charge in [-0.3, -0.25) is 14.8 Å². The van der Waals surface area contributed by atoms with E-state index in [0.717, 1.165) is 32.5 Å². The second-order valence-corrected chi connectivity index (χ2v) is 8.31. The van der Waals surface area contributed by atoms with Crippen LogP contribution in [0.5, 0.6) is 11.5 Å². The summed E-state index contributed by atoms with van der Waals surface area (Å²) in [5.74, 6) is 1.11. The molecule has 1 amide bonds. The molecular weight excluding hydrogens is 470 g/mol. The summed E-state index contributed by atoms with van der Waals surface area (Å²) in [6.45, 7) is 0. The number of aromatic nitrogens is 2. The van der Waals surface area contributed by atoms with E-state index in [9.17, 15) is 4.79 Å². The number of nitrogens with zero attached hydrogens (tertiary/aromatic N) is 2. The number of hydrogen-bond acceptors (Lipinski definition) is 4. The normalized spacial score (nSPS) is 15.0. The number of benzene rings is 3. The molecule has 1 atom stereocenters. The maximum atomic E-state index is 13.5. The number of carbonyl (C=O) groups is 1. The van der Waals surface area contributed by atoms with E-state index in [-0.39, 0.29) is 11.9 Å². The second kappa shape index (κ2) is 8.16. The summed E-state index contributed by atoms with van der Waals surface area (Å²) in [7, 11) is 3.21. The molecule has 7 heteroatoms. The van der Waals surface area contributed by atoms with Crippen molar-refractivity contribution >= 4 is 27.5 Å². The molecular formula is C25H20BrN3O3. The van der Waals surface area contributed by atoms with Crippen LogP contribution in [0.15, 0.2) is 77.3 Å². The van der Waals surface area contributed by atoms with Gasteiger partial charge in [0.15, 0.2) is 11.5 Å². The molecule has 0 fully saturated rings. The molecule has 1 unspecified atom stereocenters. The highest BCUT2D eigenvalue weighted by Gasteiger charge is 2.43. The maximum absolute atomic E-state index is 13.5. The molecule has 0 aliphatic carbocycles. The molecule has 3 aromatic carbocycles. The standard InChI is InChI=1S/C25H20BrN3O3/c1-31-19-13-10-16(14-20(19)32-2)24-21-22(15-8-11-17(26)12-9-15)27-28-23(21)25(30)29(24)18-6-4-3-5-7-18/h3-14,24H,1-2H3,(H,27,28). The molecule has 1 N–H and O–H groups in total. The zero-order valence-corrected chi connectivity index (χ0v) is 19.1. The van der Waals surface area contributed by atoms with E-state index in [0.29, 0.717) is 17.2 Å². The Morgan fingerprint density at radius 2 is 1.66 bits per heavy atom. The minimum Gasteiger partial charge on any atom is -0.493 e. The fourth-order valence-corrected chi connectivity index (χ4v) is 4.43. The van der Waals surface area contributed by atoms with Crippen molar-refractivity contribution in [1.82, 2.24) is 10.2 Å². The molecule has 160 valence electrons. The number of hydrogen-bond donors (Lipinski definition) is 1. The molecule has 32 heavy (non-hydrogen) atoms. The summed E-state index contributed by atoms with van der Waals surface area (Å²) in [5, 5.41) is 7.52. The van der Waals surface area contributed by atoms with Crippen LogP contribution in [0.4, 0.5) is 5.69 Å². The van der Waals surface area contributed by atoms with Crippen molar-refractivity contribution in [3.05, 3.63) is 94.1 Å². The number of carbonyl (C=O) groups excluding carboxylic acids is 1. The number of halogens is 1. The molecule has 0 saturated carbocycles. The van der Waals surface area contributed by atoms with Crippen LogP contribution in [0.3, 0.4) is 0 Å². The molecule has 0 spiro atoms. The monoisotopic (exact) mass is 489 g/mol. The largest absolute Gasteiger partial charge is 0.493 e. The SMILES string of the molecule is COc1ccc(C2c3c(-c4ccc(Br)cc4)n[nH]c3C(=O)N2c2ccccc2)cc1OC. The van der Waals surface area contributed by atoms with Crippen molar-refractivity contribution in [2.45, 2.75) is 6.04 Å². The molecule has 0 bridgehead atoms. The number of anilines is 1. The number of aromatic amines is 1. The Kier molecular flexibility index (Phi) is 5.19. The van der Waals surface area contributed by atoms with Gasteiger partial charge in [-0.15, -0.1) is 0 Å². The van der Waals surface area contributed by atoms with Crippen LogP contribution < -0.4 is 14.4 Å². The molecule has 1 aliphatic rings. The number of fused-ring (bicyclic) bond motifs is 1. The predicted molar refractivity (Wildman–Crippen MR) is 126 cm³/mol. The van der Waals surface area contributed by atoms with E-state index in [1.807, 2.05) is 72.8 Å². The summed E-state index contributed by atoms with van der Waals surface area (Å²) in [4.78, 5) is 15.3. The average Bonchev–Trinajstić information content (AvgIpc) is 3.38. The Bertz CT molecular complexity index is 1290. The molecule has 4 aromatic rings. The summed E-state index contributed by atoms with van der Waals surface area (Å²) < 4.78 is 11.9. The van der Waals surface area contributed by atoms with Crippen LogP contribution in [-0.2, 0) is 0 Å². The third-order valence-electron chi connectivity index (χ3n) is 5.64. The predicted octanol–water partition coefficient (Wildman–Crippen LogP) is 5.61.